The lowest BCUT2D eigenvalue weighted by molar-refractivity contribution is 0.131. The summed E-state index contributed by atoms with van der Waals surface area (Å²) in [6.07, 6.45) is 16.1. The zero-order valence-corrected chi connectivity index (χ0v) is 23.4. The van der Waals surface area contributed by atoms with Crippen molar-refractivity contribution in [3.05, 3.63) is 90.0 Å². The fraction of sp³-hybridized carbons (Fsp3) is 0.471. The Labute approximate surface area is 231 Å². The number of unbranched alkanes of at least 4 members (excludes halogenated alkanes) is 11. The van der Waals surface area contributed by atoms with Crippen LogP contribution in [0.4, 0.5) is 17.1 Å². The Balaban J connectivity index is 1.39. The third-order valence-corrected chi connectivity index (χ3v) is 7.01. The molecule has 0 spiro atoms. The smallest absolute Gasteiger partial charge is 0.0753 e. The van der Waals surface area contributed by atoms with E-state index in [4.69, 9.17) is 4.84 Å². The van der Waals surface area contributed by atoms with Crippen molar-refractivity contribution < 1.29 is 9.94 Å². The largest absolute Gasteiger partial charge is 0.392 e. The van der Waals surface area contributed by atoms with Gasteiger partial charge in [0.1, 0.15) is 0 Å². The zero-order valence-electron chi connectivity index (χ0n) is 23.4. The van der Waals surface area contributed by atoms with Gasteiger partial charge in [-0.15, -0.1) is 0 Å². The van der Waals surface area contributed by atoms with Gasteiger partial charge in [0.2, 0.25) is 0 Å². The molecule has 0 aliphatic carbocycles. The fourth-order valence-corrected chi connectivity index (χ4v) is 4.64. The third-order valence-electron chi connectivity index (χ3n) is 7.01. The van der Waals surface area contributed by atoms with Crippen LogP contribution in [-0.4, -0.2) is 11.7 Å². The molecule has 0 bridgehead atoms. The van der Waals surface area contributed by atoms with Crippen molar-refractivity contribution in [2.75, 3.05) is 17.0 Å². The molecular weight excluding hydrogens is 468 g/mol. The van der Waals surface area contributed by atoms with Gasteiger partial charge in [-0.3, -0.25) is 4.84 Å². The molecule has 0 aliphatic heterocycles. The topological polar surface area (TPSA) is 44.7 Å². The van der Waals surface area contributed by atoms with E-state index < -0.39 is 0 Å². The van der Waals surface area contributed by atoms with E-state index in [2.05, 4.69) is 60.8 Å². The van der Waals surface area contributed by atoms with Crippen LogP contribution in [0.3, 0.4) is 0 Å². The molecule has 0 heterocycles. The number of hydrogen-bond donors (Lipinski definition) is 2. The van der Waals surface area contributed by atoms with E-state index in [1.165, 1.54) is 76.2 Å². The van der Waals surface area contributed by atoms with E-state index in [9.17, 15) is 5.11 Å². The number of para-hydroxylation sites is 1. The standard InChI is InChI=1S/C34H48N2O2/c1-2-3-4-5-6-7-8-9-10-11-12-16-27-38-36(33-17-14-13-15-18-33)34-25-21-30(22-26-34)28-35-32-23-19-31(29-37)20-24-32/h13-15,17-26,35,37H,2-12,16,27-29H2,1H3. The number of benzene rings is 3. The molecule has 0 saturated heterocycles. The van der Waals surface area contributed by atoms with E-state index in [-0.39, 0.29) is 6.61 Å². The molecule has 0 saturated carbocycles. The van der Waals surface area contributed by atoms with Crippen LogP contribution in [0, 0.1) is 0 Å². The van der Waals surface area contributed by atoms with Crippen LogP contribution in [0.15, 0.2) is 78.9 Å². The summed E-state index contributed by atoms with van der Waals surface area (Å²) in [5.41, 5.74) is 5.24. The molecule has 3 rings (SSSR count). The van der Waals surface area contributed by atoms with Gasteiger partial charge in [-0.05, 0) is 53.9 Å². The van der Waals surface area contributed by atoms with Crippen LogP contribution >= 0.6 is 0 Å². The molecule has 206 valence electrons. The Bertz CT molecular complexity index is 974. The molecule has 3 aromatic rings. The van der Waals surface area contributed by atoms with E-state index >= 15 is 0 Å². The quantitative estimate of drug-likeness (QED) is 0.116. The van der Waals surface area contributed by atoms with Gasteiger partial charge in [0.15, 0.2) is 0 Å². The second-order valence-corrected chi connectivity index (χ2v) is 10.2. The molecule has 4 nitrogen and oxygen atoms in total. The number of nitrogens with one attached hydrogen (secondary N) is 1. The molecule has 0 unspecified atom stereocenters. The first-order chi connectivity index (χ1) is 18.8. The Morgan fingerprint density at radius 3 is 1.71 bits per heavy atom. The van der Waals surface area contributed by atoms with Crippen molar-refractivity contribution in [3.8, 4) is 0 Å². The number of anilines is 3. The van der Waals surface area contributed by atoms with Gasteiger partial charge in [-0.25, -0.2) is 5.06 Å². The number of hydrogen-bond acceptors (Lipinski definition) is 4. The molecule has 2 N–H and O–H groups in total. The van der Waals surface area contributed by atoms with E-state index in [1.54, 1.807) is 0 Å². The molecule has 4 heteroatoms. The number of aliphatic hydroxyl groups excluding tert-OH is 1. The van der Waals surface area contributed by atoms with Gasteiger partial charge in [0, 0.05) is 12.2 Å². The van der Waals surface area contributed by atoms with Crippen LogP contribution in [-0.2, 0) is 18.0 Å². The average molecular weight is 517 g/mol. The summed E-state index contributed by atoms with van der Waals surface area (Å²) in [5, 5.41) is 14.6. The maximum atomic E-state index is 9.21. The summed E-state index contributed by atoms with van der Waals surface area (Å²) in [7, 11) is 0. The van der Waals surface area contributed by atoms with Crippen LogP contribution in [0.25, 0.3) is 0 Å². The maximum absolute atomic E-state index is 9.21. The normalized spacial score (nSPS) is 11.0. The van der Waals surface area contributed by atoms with Gasteiger partial charge in [0.25, 0.3) is 0 Å². The molecule has 0 amide bonds. The predicted octanol–water partition coefficient (Wildman–Crippen LogP) is 9.56. The van der Waals surface area contributed by atoms with Crippen LogP contribution in [0.5, 0.6) is 0 Å². The van der Waals surface area contributed by atoms with Gasteiger partial charge in [-0.2, -0.15) is 0 Å². The minimum Gasteiger partial charge on any atom is -0.392 e. The lowest BCUT2D eigenvalue weighted by Gasteiger charge is -2.24. The highest BCUT2D eigenvalue weighted by Crippen LogP contribution is 2.26. The number of aliphatic hydroxyl groups is 1. The molecule has 3 aromatic carbocycles. The van der Waals surface area contributed by atoms with Crippen molar-refractivity contribution in [1.29, 1.82) is 0 Å². The highest BCUT2D eigenvalue weighted by molar-refractivity contribution is 5.60. The summed E-state index contributed by atoms with van der Waals surface area (Å²) in [5.74, 6) is 0. The maximum Gasteiger partial charge on any atom is 0.0753 e. The Hall–Kier alpha value is -2.82. The predicted molar refractivity (Wildman–Crippen MR) is 162 cm³/mol. The minimum absolute atomic E-state index is 0.0705. The number of rotatable bonds is 20. The van der Waals surface area contributed by atoms with E-state index in [1.807, 2.05) is 35.4 Å². The Kier molecular flexibility index (Phi) is 14.4. The molecule has 0 fully saturated rings. The average Bonchev–Trinajstić information content (AvgIpc) is 2.97. The monoisotopic (exact) mass is 516 g/mol. The lowest BCUT2D eigenvalue weighted by Crippen LogP contribution is -2.18. The van der Waals surface area contributed by atoms with Crippen LogP contribution in [0.2, 0.25) is 0 Å². The molecule has 0 radical (unpaired) electrons. The van der Waals surface area contributed by atoms with Crippen molar-refractivity contribution in [2.45, 2.75) is 97.1 Å². The van der Waals surface area contributed by atoms with Crippen LogP contribution in [0.1, 0.15) is 95.1 Å². The summed E-state index contributed by atoms with van der Waals surface area (Å²) in [4.78, 5) is 6.29. The molecule has 38 heavy (non-hydrogen) atoms. The lowest BCUT2D eigenvalue weighted by atomic mass is 10.1. The first-order valence-corrected chi connectivity index (χ1v) is 14.8. The van der Waals surface area contributed by atoms with Gasteiger partial charge in [-0.1, -0.05) is 120 Å². The highest BCUT2D eigenvalue weighted by Gasteiger charge is 2.10. The summed E-state index contributed by atoms with van der Waals surface area (Å²) in [6, 6.07) is 26.8. The highest BCUT2D eigenvalue weighted by atomic mass is 16.7. The Morgan fingerprint density at radius 2 is 1.13 bits per heavy atom. The zero-order chi connectivity index (χ0) is 26.7. The first-order valence-electron chi connectivity index (χ1n) is 14.8. The minimum atomic E-state index is 0.0705. The van der Waals surface area contributed by atoms with Crippen LogP contribution < -0.4 is 10.4 Å². The number of nitrogens with zero attached hydrogens (tertiary/aromatic N) is 1. The second kappa shape index (κ2) is 18.4. The van der Waals surface area contributed by atoms with Gasteiger partial charge in [0.05, 0.1) is 24.6 Å². The molecule has 0 aromatic heterocycles. The van der Waals surface area contributed by atoms with Crippen molar-refractivity contribution in [2.24, 2.45) is 0 Å². The molecule has 0 atom stereocenters. The third kappa shape index (κ3) is 11.3. The van der Waals surface area contributed by atoms with E-state index in [0.717, 1.165) is 42.2 Å². The Morgan fingerprint density at radius 1 is 0.605 bits per heavy atom. The van der Waals surface area contributed by atoms with E-state index in [0.29, 0.717) is 0 Å². The summed E-state index contributed by atoms with van der Waals surface area (Å²) < 4.78 is 0. The van der Waals surface area contributed by atoms with Crippen molar-refractivity contribution >= 4 is 17.1 Å². The summed E-state index contributed by atoms with van der Waals surface area (Å²) >= 11 is 0. The summed E-state index contributed by atoms with van der Waals surface area (Å²) in [6.45, 7) is 3.81. The SMILES string of the molecule is CCCCCCCCCCCCCCON(c1ccccc1)c1ccc(CNc2ccc(CO)cc2)cc1. The van der Waals surface area contributed by atoms with Gasteiger partial charge < -0.3 is 10.4 Å². The second-order valence-electron chi connectivity index (χ2n) is 10.2. The molecule has 0 aliphatic rings. The fourth-order valence-electron chi connectivity index (χ4n) is 4.64. The first kappa shape index (κ1) is 29.7. The van der Waals surface area contributed by atoms with Crippen molar-refractivity contribution in [3.63, 3.8) is 0 Å². The van der Waals surface area contributed by atoms with Gasteiger partial charge >= 0.3 is 0 Å². The van der Waals surface area contributed by atoms with Crippen molar-refractivity contribution in [1.82, 2.24) is 0 Å². The molecular formula is C34H48N2O2.